The number of anilines is 1. The lowest BCUT2D eigenvalue weighted by atomic mass is 10.1. The second-order valence-electron chi connectivity index (χ2n) is 4.76. The van der Waals surface area contributed by atoms with E-state index in [1.165, 1.54) is 0 Å². The SMILES string of the molecule is CCCc1cc(C(=O)NCCc2nc(C)no2)cc(N)n1. The number of carbonyl (C=O) groups is 1. The zero-order valence-corrected chi connectivity index (χ0v) is 12.2. The molecule has 0 aliphatic rings. The van der Waals surface area contributed by atoms with Gasteiger partial charge in [0.15, 0.2) is 5.82 Å². The van der Waals surface area contributed by atoms with E-state index >= 15 is 0 Å². The highest BCUT2D eigenvalue weighted by Crippen LogP contribution is 2.09. The molecule has 0 saturated carbocycles. The molecule has 0 aliphatic heterocycles. The predicted octanol–water partition coefficient (Wildman–Crippen LogP) is 1.28. The highest BCUT2D eigenvalue weighted by molar-refractivity contribution is 5.94. The van der Waals surface area contributed by atoms with Crippen LogP contribution in [-0.4, -0.2) is 27.6 Å². The number of nitrogen functional groups attached to an aromatic ring is 1. The summed E-state index contributed by atoms with van der Waals surface area (Å²) in [6.45, 7) is 4.23. The van der Waals surface area contributed by atoms with Gasteiger partial charge >= 0.3 is 0 Å². The van der Waals surface area contributed by atoms with E-state index < -0.39 is 0 Å². The highest BCUT2D eigenvalue weighted by atomic mass is 16.5. The van der Waals surface area contributed by atoms with Gasteiger partial charge in [-0.05, 0) is 25.5 Å². The second kappa shape index (κ2) is 6.83. The van der Waals surface area contributed by atoms with Crippen molar-refractivity contribution in [2.75, 3.05) is 12.3 Å². The van der Waals surface area contributed by atoms with Crippen LogP contribution in [0.4, 0.5) is 5.82 Å². The quantitative estimate of drug-likeness (QED) is 0.829. The first-order valence-corrected chi connectivity index (χ1v) is 6.92. The molecule has 0 aromatic carbocycles. The molecule has 2 heterocycles. The summed E-state index contributed by atoms with van der Waals surface area (Å²) < 4.78 is 4.98. The molecule has 2 rings (SSSR count). The number of rotatable bonds is 6. The Morgan fingerprint density at radius 1 is 1.33 bits per heavy atom. The molecular weight excluding hydrogens is 270 g/mol. The summed E-state index contributed by atoms with van der Waals surface area (Å²) in [5, 5.41) is 6.50. The second-order valence-corrected chi connectivity index (χ2v) is 4.76. The van der Waals surface area contributed by atoms with E-state index in [0.717, 1.165) is 18.5 Å². The molecule has 2 aromatic rings. The van der Waals surface area contributed by atoms with Crippen LogP contribution in [0.5, 0.6) is 0 Å². The maximum Gasteiger partial charge on any atom is 0.251 e. The number of carbonyl (C=O) groups excluding carboxylic acids is 1. The minimum atomic E-state index is -0.183. The smallest absolute Gasteiger partial charge is 0.251 e. The Balaban J connectivity index is 1.93. The van der Waals surface area contributed by atoms with Crippen molar-refractivity contribution in [3.8, 4) is 0 Å². The average molecular weight is 289 g/mol. The number of pyridine rings is 1. The summed E-state index contributed by atoms with van der Waals surface area (Å²) in [5.74, 6) is 1.27. The van der Waals surface area contributed by atoms with Gasteiger partial charge in [-0.15, -0.1) is 0 Å². The molecule has 0 saturated heterocycles. The number of hydrogen-bond acceptors (Lipinski definition) is 6. The van der Waals surface area contributed by atoms with Gasteiger partial charge < -0.3 is 15.6 Å². The molecular formula is C14H19N5O2. The third-order valence-corrected chi connectivity index (χ3v) is 2.86. The highest BCUT2D eigenvalue weighted by Gasteiger charge is 2.09. The monoisotopic (exact) mass is 289 g/mol. The van der Waals surface area contributed by atoms with Crippen LogP contribution < -0.4 is 11.1 Å². The van der Waals surface area contributed by atoms with Gasteiger partial charge in [-0.3, -0.25) is 4.79 Å². The van der Waals surface area contributed by atoms with Crippen LogP contribution in [-0.2, 0) is 12.8 Å². The summed E-state index contributed by atoms with van der Waals surface area (Å²) in [5.41, 5.74) is 7.08. The van der Waals surface area contributed by atoms with Gasteiger partial charge in [-0.2, -0.15) is 4.98 Å². The normalized spacial score (nSPS) is 10.6. The molecule has 112 valence electrons. The van der Waals surface area contributed by atoms with Crippen LogP contribution in [0.2, 0.25) is 0 Å². The molecule has 0 fully saturated rings. The molecule has 0 atom stereocenters. The lowest BCUT2D eigenvalue weighted by Gasteiger charge is -2.07. The standard InChI is InChI=1S/C14H19N5O2/c1-3-4-11-7-10(8-12(15)18-11)14(20)16-6-5-13-17-9(2)19-21-13/h7-8H,3-6H2,1-2H3,(H2,15,18)(H,16,20). The van der Waals surface area contributed by atoms with Gasteiger partial charge in [0.2, 0.25) is 5.89 Å². The van der Waals surface area contributed by atoms with Gasteiger partial charge in [-0.1, -0.05) is 18.5 Å². The Morgan fingerprint density at radius 3 is 2.81 bits per heavy atom. The van der Waals surface area contributed by atoms with E-state index in [1.807, 2.05) is 0 Å². The van der Waals surface area contributed by atoms with Crippen molar-refractivity contribution < 1.29 is 9.32 Å². The molecule has 0 aliphatic carbocycles. The van der Waals surface area contributed by atoms with Crippen LogP contribution in [0.1, 0.15) is 41.1 Å². The Morgan fingerprint density at radius 2 is 2.14 bits per heavy atom. The minimum absolute atomic E-state index is 0.183. The first-order chi connectivity index (χ1) is 10.1. The molecule has 21 heavy (non-hydrogen) atoms. The molecule has 3 N–H and O–H groups in total. The molecule has 7 nitrogen and oxygen atoms in total. The number of nitrogens with two attached hydrogens (primary N) is 1. The van der Waals surface area contributed by atoms with Gasteiger partial charge in [0.25, 0.3) is 5.91 Å². The van der Waals surface area contributed by atoms with Crippen molar-refractivity contribution in [3.05, 3.63) is 35.1 Å². The van der Waals surface area contributed by atoms with E-state index in [9.17, 15) is 4.79 Å². The van der Waals surface area contributed by atoms with Crippen LogP contribution in [0.3, 0.4) is 0 Å². The third-order valence-electron chi connectivity index (χ3n) is 2.86. The van der Waals surface area contributed by atoms with E-state index in [2.05, 4.69) is 27.4 Å². The first-order valence-electron chi connectivity index (χ1n) is 6.92. The number of amides is 1. The fourth-order valence-corrected chi connectivity index (χ4v) is 1.95. The Hall–Kier alpha value is -2.44. The topological polar surface area (TPSA) is 107 Å². The van der Waals surface area contributed by atoms with Crippen molar-refractivity contribution in [3.63, 3.8) is 0 Å². The minimum Gasteiger partial charge on any atom is -0.384 e. The maximum absolute atomic E-state index is 12.1. The molecule has 0 bridgehead atoms. The average Bonchev–Trinajstić information content (AvgIpc) is 2.84. The van der Waals surface area contributed by atoms with Gasteiger partial charge in [-0.25, -0.2) is 4.98 Å². The summed E-state index contributed by atoms with van der Waals surface area (Å²) in [4.78, 5) is 20.4. The van der Waals surface area contributed by atoms with E-state index in [0.29, 0.717) is 36.1 Å². The number of aromatic nitrogens is 3. The molecule has 1 amide bonds. The van der Waals surface area contributed by atoms with E-state index in [1.54, 1.807) is 19.1 Å². The number of aryl methyl sites for hydroxylation is 2. The fourth-order valence-electron chi connectivity index (χ4n) is 1.95. The van der Waals surface area contributed by atoms with Crippen LogP contribution in [0.15, 0.2) is 16.7 Å². The molecule has 0 unspecified atom stereocenters. The molecule has 0 spiro atoms. The van der Waals surface area contributed by atoms with Gasteiger partial charge in [0, 0.05) is 24.2 Å². The largest absolute Gasteiger partial charge is 0.384 e. The zero-order valence-electron chi connectivity index (χ0n) is 12.2. The summed E-state index contributed by atoms with van der Waals surface area (Å²) >= 11 is 0. The van der Waals surface area contributed by atoms with Crippen molar-refractivity contribution in [1.29, 1.82) is 0 Å². The lowest BCUT2D eigenvalue weighted by Crippen LogP contribution is -2.26. The van der Waals surface area contributed by atoms with Crippen LogP contribution >= 0.6 is 0 Å². The van der Waals surface area contributed by atoms with Crippen molar-refractivity contribution in [2.45, 2.75) is 33.1 Å². The zero-order chi connectivity index (χ0) is 15.2. The first kappa shape index (κ1) is 15.0. The third kappa shape index (κ3) is 4.27. The van der Waals surface area contributed by atoms with Crippen molar-refractivity contribution in [1.82, 2.24) is 20.4 Å². The Labute approximate surface area is 122 Å². The molecule has 7 heteroatoms. The molecule has 2 aromatic heterocycles. The number of nitrogens with one attached hydrogen (secondary N) is 1. The van der Waals surface area contributed by atoms with Gasteiger partial charge in [0.05, 0.1) is 0 Å². The Bertz CT molecular complexity index is 624. The molecule has 0 radical (unpaired) electrons. The van der Waals surface area contributed by atoms with Crippen molar-refractivity contribution in [2.24, 2.45) is 0 Å². The predicted molar refractivity (Wildman–Crippen MR) is 77.7 cm³/mol. The summed E-state index contributed by atoms with van der Waals surface area (Å²) in [7, 11) is 0. The van der Waals surface area contributed by atoms with Crippen molar-refractivity contribution >= 4 is 11.7 Å². The number of hydrogen-bond donors (Lipinski definition) is 2. The van der Waals surface area contributed by atoms with E-state index in [-0.39, 0.29) is 5.91 Å². The Kier molecular flexibility index (Phi) is 4.86. The fraction of sp³-hybridized carbons (Fsp3) is 0.429. The number of nitrogens with zero attached hydrogens (tertiary/aromatic N) is 3. The van der Waals surface area contributed by atoms with Crippen LogP contribution in [0, 0.1) is 6.92 Å². The van der Waals surface area contributed by atoms with Gasteiger partial charge in [0.1, 0.15) is 5.82 Å². The van der Waals surface area contributed by atoms with Crippen LogP contribution in [0.25, 0.3) is 0 Å². The summed E-state index contributed by atoms with van der Waals surface area (Å²) in [6, 6.07) is 3.34. The maximum atomic E-state index is 12.1. The lowest BCUT2D eigenvalue weighted by molar-refractivity contribution is 0.0953. The van der Waals surface area contributed by atoms with E-state index in [4.69, 9.17) is 10.3 Å². The summed E-state index contributed by atoms with van der Waals surface area (Å²) in [6.07, 6.45) is 2.25.